The monoisotopic (exact) mass is 265 g/mol. The molecule has 4 heteroatoms. The molecule has 4 nitrogen and oxygen atoms in total. The zero-order valence-electron chi connectivity index (χ0n) is 11.9. The lowest BCUT2D eigenvalue weighted by Gasteiger charge is -2.25. The van der Waals surface area contributed by atoms with Gasteiger partial charge in [0, 0.05) is 6.54 Å². The summed E-state index contributed by atoms with van der Waals surface area (Å²) in [5.74, 6) is 0.650. The van der Waals surface area contributed by atoms with Crippen molar-refractivity contribution in [2.45, 2.75) is 38.7 Å². The Morgan fingerprint density at radius 3 is 2.63 bits per heavy atom. The molecule has 0 spiro atoms. The average Bonchev–Trinajstić information content (AvgIpc) is 2.45. The highest BCUT2D eigenvalue weighted by molar-refractivity contribution is 5.78. The standard InChI is InChI=1S/C15H23NO3/c1-4-15(18,5-2)11-16-14(17)10-12-7-6-8-13(9-12)19-3/h6-9,18H,4-5,10-11H2,1-3H3,(H,16,17). The predicted octanol–water partition coefficient (Wildman–Crippen LogP) is 1.90. The summed E-state index contributed by atoms with van der Waals surface area (Å²) in [7, 11) is 1.60. The van der Waals surface area contributed by atoms with Crippen LogP contribution in [0.2, 0.25) is 0 Å². The molecule has 0 fully saturated rings. The number of nitrogens with one attached hydrogen (secondary N) is 1. The molecule has 1 amide bonds. The van der Waals surface area contributed by atoms with Gasteiger partial charge >= 0.3 is 0 Å². The van der Waals surface area contributed by atoms with E-state index in [0.717, 1.165) is 11.3 Å². The van der Waals surface area contributed by atoms with Crippen molar-refractivity contribution in [3.63, 3.8) is 0 Å². The van der Waals surface area contributed by atoms with Crippen LogP contribution in [0.3, 0.4) is 0 Å². The molecule has 1 rings (SSSR count). The maximum absolute atomic E-state index is 11.8. The van der Waals surface area contributed by atoms with Crippen LogP contribution in [-0.2, 0) is 11.2 Å². The average molecular weight is 265 g/mol. The van der Waals surface area contributed by atoms with Gasteiger partial charge in [0.05, 0.1) is 19.1 Å². The molecule has 0 aliphatic carbocycles. The van der Waals surface area contributed by atoms with E-state index >= 15 is 0 Å². The lowest BCUT2D eigenvalue weighted by atomic mass is 9.97. The Hall–Kier alpha value is -1.55. The summed E-state index contributed by atoms with van der Waals surface area (Å²) >= 11 is 0. The van der Waals surface area contributed by atoms with Gasteiger partial charge in [-0.15, -0.1) is 0 Å². The number of rotatable bonds is 7. The summed E-state index contributed by atoms with van der Waals surface area (Å²) < 4.78 is 5.11. The lowest BCUT2D eigenvalue weighted by molar-refractivity contribution is -0.121. The summed E-state index contributed by atoms with van der Waals surface area (Å²) in [5, 5.41) is 12.9. The molecule has 19 heavy (non-hydrogen) atoms. The van der Waals surface area contributed by atoms with Crippen LogP contribution in [-0.4, -0.2) is 30.3 Å². The molecule has 0 atom stereocenters. The third-order valence-electron chi connectivity index (χ3n) is 3.43. The highest BCUT2D eigenvalue weighted by atomic mass is 16.5. The van der Waals surface area contributed by atoms with Gasteiger partial charge in [-0.25, -0.2) is 0 Å². The summed E-state index contributed by atoms with van der Waals surface area (Å²) in [4.78, 5) is 11.8. The first-order valence-corrected chi connectivity index (χ1v) is 6.65. The molecule has 0 saturated carbocycles. The fraction of sp³-hybridized carbons (Fsp3) is 0.533. The number of methoxy groups -OCH3 is 1. The number of hydrogen-bond donors (Lipinski definition) is 2. The number of hydrogen-bond acceptors (Lipinski definition) is 3. The van der Waals surface area contributed by atoms with Gasteiger partial charge in [0.2, 0.25) is 5.91 Å². The fourth-order valence-corrected chi connectivity index (χ4v) is 1.79. The van der Waals surface area contributed by atoms with E-state index in [1.54, 1.807) is 7.11 Å². The largest absolute Gasteiger partial charge is 0.497 e. The van der Waals surface area contributed by atoms with E-state index < -0.39 is 5.60 Å². The highest BCUT2D eigenvalue weighted by Gasteiger charge is 2.22. The molecule has 1 aromatic carbocycles. The third-order valence-corrected chi connectivity index (χ3v) is 3.43. The maximum Gasteiger partial charge on any atom is 0.224 e. The normalized spacial score (nSPS) is 11.2. The Morgan fingerprint density at radius 1 is 1.37 bits per heavy atom. The topological polar surface area (TPSA) is 58.6 Å². The Bertz CT molecular complexity index is 414. The van der Waals surface area contributed by atoms with Crippen LogP contribution in [0.4, 0.5) is 0 Å². The highest BCUT2D eigenvalue weighted by Crippen LogP contribution is 2.14. The van der Waals surface area contributed by atoms with E-state index in [2.05, 4.69) is 5.32 Å². The van der Waals surface area contributed by atoms with Crippen molar-refractivity contribution in [3.8, 4) is 5.75 Å². The lowest BCUT2D eigenvalue weighted by Crippen LogP contribution is -2.42. The van der Waals surface area contributed by atoms with Crippen molar-refractivity contribution < 1.29 is 14.6 Å². The van der Waals surface area contributed by atoms with Crippen molar-refractivity contribution in [3.05, 3.63) is 29.8 Å². The minimum absolute atomic E-state index is 0.0893. The zero-order valence-corrected chi connectivity index (χ0v) is 11.9. The third kappa shape index (κ3) is 4.91. The van der Waals surface area contributed by atoms with Crippen molar-refractivity contribution in [2.75, 3.05) is 13.7 Å². The first-order chi connectivity index (χ1) is 9.03. The summed E-state index contributed by atoms with van der Waals surface area (Å²) in [6.45, 7) is 4.12. The second-order valence-electron chi connectivity index (χ2n) is 4.74. The van der Waals surface area contributed by atoms with Crippen LogP contribution < -0.4 is 10.1 Å². The van der Waals surface area contributed by atoms with E-state index in [1.165, 1.54) is 0 Å². The molecular formula is C15H23NO3. The number of carbonyl (C=O) groups is 1. The molecule has 2 N–H and O–H groups in total. The summed E-state index contributed by atoms with van der Waals surface area (Å²) in [5.41, 5.74) is 0.0951. The van der Waals surface area contributed by atoms with Crippen LogP contribution >= 0.6 is 0 Å². The predicted molar refractivity (Wildman–Crippen MR) is 75.2 cm³/mol. The zero-order chi connectivity index (χ0) is 14.3. The maximum atomic E-state index is 11.8. The van der Waals surface area contributed by atoms with Crippen molar-refractivity contribution in [2.24, 2.45) is 0 Å². The Kier molecular flexibility index (Phi) is 5.83. The number of carbonyl (C=O) groups excluding carboxylic acids is 1. The number of ether oxygens (including phenoxy) is 1. The van der Waals surface area contributed by atoms with E-state index in [0.29, 0.717) is 25.8 Å². The van der Waals surface area contributed by atoms with Crippen LogP contribution in [0.1, 0.15) is 32.3 Å². The minimum atomic E-state index is -0.802. The van der Waals surface area contributed by atoms with Gasteiger partial charge in [-0.05, 0) is 30.5 Å². The van der Waals surface area contributed by atoms with E-state index in [4.69, 9.17) is 4.74 Å². The molecular weight excluding hydrogens is 242 g/mol. The molecule has 0 aliphatic rings. The molecule has 0 aliphatic heterocycles. The molecule has 106 valence electrons. The molecule has 0 heterocycles. The van der Waals surface area contributed by atoms with Crippen LogP contribution in [0.5, 0.6) is 5.75 Å². The first kappa shape index (κ1) is 15.5. The molecule has 0 aromatic heterocycles. The van der Waals surface area contributed by atoms with E-state index in [9.17, 15) is 9.90 Å². The Labute approximate surface area is 114 Å². The van der Waals surface area contributed by atoms with Crippen molar-refractivity contribution in [1.82, 2.24) is 5.32 Å². The van der Waals surface area contributed by atoms with Gasteiger partial charge in [-0.3, -0.25) is 4.79 Å². The van der Waals surface area contributed by atoms with E-state index in [-0.39, 0.29) is 5.91 Å². The van der Waals surface area contributed by atoms with Gasteiger partial charge in [0.1, 0.15) is 5.75 Å². The number of amides is 1. The second kappa shape index (κ2) is 7.14. The summed E-state index contributed by atoms with van der Waals surface area (Å²) in [6, 6.07) is 7.42. The molecule has 0 saturated heterocycles. The number of aliphatic hydroxyl groups is 1. The van der Waals surface area contributed by atoms with Gasteiger partial charge in [0.25, 0.3) is 0 Å². The van der Waals surface area contributed by atoms with Crippen LogP contribution in [0, 0.1) is 0 Å². The van der Waals surface area contributed by atoms with Gasteiger partial charge < -0.3 is 15.2 Å². The molecule has 1 aromatic rings. The van der Waals surface area contributed by atoms with Gasteiger partial charge in [-0.1, -0.05) is 26.0 Å². The van der Waals surface area contributed by atoms with Gasteiger partial charge in [0.15, 0.2) is 0 Å². The molecule has 0 radical (unpaired) electrons. The summed E-state index contributed by atoms with van der Waals surface area (Å²) in [6.07, 6.45) is 1.55. The van der Waals surface area contributed by atoms with Crippen molar-refractivity contribution in [1.29, 1.82) is 0 Å². The molecule has 0 bridgehead atoms. The van der Waals surface area contributed by atoms with Crippen molar-refractivity contribution >= 4 is 5.91 Å². The Morgan fingerprint density at radius 2 is 2.05 bits per heavy atom. The smallest absolute Gasteiger partial charge is 0.224 e. The van der Waals surface area contributed by atoms with E-state index in [1.807, 2.05) is 38.1 Å². The number of benzene rings is 1. The second-order valence-corrected chi connectivity index (χ2v) is 4.74. The SMILES string of the molecule is CCC(O)(CC)CNC(=O)Cc1cccc(OC)c1. The van der Waals surface area contributed by atoms with Crippen LogP contribution in [0.25, 0.3) is 0 Å². The first-order valence-electron chi connectivity index (χ1n) is 6.65. The van der Waals surface area contributed by atoms with Gasteiger partial charge in [-0.2, -0.15) is 0 Å². The molecule has 0 unspecified atom stereocenters. The minimum Gasteiger partial charge on any atom is -0.497 e. The fourth-order valence-electron chi connectivity index (χ4n) is 1.79. The Balaban J connectivity index is 2.51. The van der Waals surface area contributed by atoms with Crippen LogP contribution in [0.15, 0.2) is 24.3 Å². The quantitative estimate of drug-likeness (QED) is 0.791.